The molecule has 18 heavy (non-hydrogen) atoms. The van der Waals surface area contributed by atoms with E-state index in [1.807, 2.05) is 13.8 Å². The lowest BCUT2D eigenvalue weighted by molar-refractivity contribution is -0.142. The quantitative estimate of drug-likeness (QED) is 0.731. The first-order chi connectivity index (χ1) is 8.58. The second-order valence-electron chi connectivity index (χ2n) is 3.92. The predicted molar refractivity (Wildman–Crippen MR) is 66.5 cm³/mol. The van der Waals surface area contributed by atoms with Gasteiger partial charge in [-0.3, -0.25) is 0 Å². The lowest BCUT2D eigenvalue weighted by Crippen LogP contribution is -2.34. The summed E-state index contributed by atoms with van der Waals surface area (Å²) in [5, 5.41) is 11.9. The van der Waals surface area contributed by atoms with Gasteiger partial charge in [0.25, 0.3) is 0 Å². The number of aromatic nitrogens is 1. The van der Waals surface area contributed by atoms with Crippen LogP contribution in [0.5, 0.6) is 5.75 Å². The van der Waals surface area contributed by atoms with Gasteiger partial charge in [-0.2, -0.15) is 0 Å². The predicted octanol–water partition coefficient (Wildman–Crippen LogP) is 0.815. The summed E-state index contributed by atoms with van der Waals surface area (Å²) in [7, 11) is 1.26. The van der Waals surface area contributed by atoms with E-state index in [2.05, 4.69) is 15.0 Å². The monoisotopic (exact) mass is 254 g/mol. The number of carbonyl (C=O) groups is 1. The standard InChI is InChI=1S/C12H18N2O4/c1-8(2)18-10-5-4-6-13-11(10)14-9(7-15)12(16)17-3/h4-6,8-9,15H,7H2,1-3H3,(H,13,14). The summed E-state index contributed by atoms with van der Waals surface area (Å²) in [6, 6.07) is 2.61. The zero-order valence-electron chi connectivity index (χ0n) is 10.7. The van der Waals surface area contributed by atoms with E-state index in [-0.39, 0.29) is 12.7 Å². The third-order valence-electron chi connectivity index (χ3n) is 2.11. The highest BCUT2D eigenvalue weighted by atomic mass is 16.5. The van der Waals surface area contributed by atoms with Crippen LogP contribution < -0.4 is 10.1 Å². The van der Waals surface area contributed by atoms with E-state index < -0.39 is 12.0 Å². The molecule has 1 aromatic rings. The van der Waals surface area contributed by atoms with Gasteiger partial charge in [0.2, 0.25) is 0 Å². The Balaban J connectivity index is 2.85. The lowest BCUT2D eigenvalue weighted by Gasteiger charge is -2.18. The summed E-state index contributed by atoms with van der Waals surface area (Å²) in [4.78, 5) is 15.4. The van der Waals surface area contributed by atoms with Gasteiger partial charge in [0.1, 0.15) is 6.04 Å². The number of ether oxygens (including phenoxy) is 2. The number of methoxy groups -OCH3 is 1. The van der Waals surface area contributed by atoms with Crippen LogP contribution in [0.25, 0.3) is 0 Å². The van der Waals surface area contributed by atoms with Crippen molar-refractivity contribution in [2.24, 2.45) is 0 Å². The summed E-state index contributed by atoms with van der Waals surface area (Å²) < 4.78 is 10.1. The summed E-state index contributed by atoms with van der Waals surface area (Å²) in [6.07, 6.45) is 1.56. The number of nitrogens with zero attached hydrogens (tertiary/aromatic N) is 1. The molecule has 0 fully saturated rings. The highest BCUT2D eigenvalue weighted by Crippen LogP contribution is 2.22. The smallest absolute Gasteiger partial charge is 0.330 e. The molecular weight excluding hydrogens is 236 g/mol. The maximum Gasteiger partial charge on any atom is 0.330 e. The van der Waals surface area contributed by atoms with E-state index >= 15 is 0 Å². The maximum atomic E-state index is 11.4. The number of aliphatic hydroxyl groups is 1. The fourth-order valence-corrected chi connectivity index (χ4v) is 1.33. The molecule has 0 bridgehead atoms. The molecule has 0 aliphatic rings. The van der Waals surface area contributed by atoms with Gasteiger partial charge in [-0.1, -0.05) is 0 Å². The Morgan fingerprint density at radius 2 is 2.28 bits per heavy atom. The summed E-state index contributed by atoms with van der Waals surface area (Å²) in [5.74, 6) is 0.365. The fraction of sp³-hybridized carbons (Fsp3) is 0.500. The zero-order valence-corrected chi connectivity index (χ0v) is 10.7. The first kappa shape index (κ1) is 14.2. The van der Waals surface area contributed by atoms with Crippen LogP contribution in [0.4, 0.5) is 5.82 Å². The van der Waals surface area contributed by atoms with E-state index in [1.165, 1.54) is 7.11 Å². The topological polar surface area (TPSA) is 80.7 Å². The molecule has 0 spiro atoms. The van der Waals surface area contributed by atoms with Crippen molar-refractivity contribution in [1.29, 1.82) is 0 Å². The molecular formula is C12H18N2O4. The Morgan fingerprint density at radius 1 is 1.56 bits per heavy atom. The molecule has 0 radical (unpaired) electrons. The van der Waals surface area contributed by atoms with Crippen molar-refractivity contribution in [2.75, 3.05) is 19.0 Å². The van der Waals surface area contributed by atoms with Crippen LogP contribution in [0.3, 0.4) is 0 Å². The Hall–Kier alpha value is -1.82. The highest BCUT2D eigenvalue weighted by Gasteiger charge is 2.20. The number of hydrogen-bond acceptors (Lipinski definition) is 6. The molecule has 0 aliphatic carbocycles. The number of carbonyl (C=O) groups excluding carboxylic acids is 1. The SMILES string of the molecule is COC(=O)C(CO)Nc1ncccc1OC(C)C. The van der Waals surface area contributed by atoms with Crippen LogP contribution in [0, 0.1) is 0 Å². The van der Waals surface area contributed by atoms with Gasteiger partial charge in [-0.25, -0.2) is 9.78 Å². The normalized spacial score (nSPS) is 12.1. The Bertz CT molecular complexity index is 395. The van der Waals surface area contributed by atoms with Gasteiger partial charge >= 0.3 is 5.97 Å². The summed E-state index contributed by atoms with van der Waals surface area (Å²) >= 11 is 0. The molecule has 1 rings (SSSR count). The van der Waals surface area contributed by atoms with E-state index in [0.29, 0.717) is 11.6 Å². The average Bonchev–Trinajstić information content (AvgIpc) is 2.36. The molecule has 1 heterocycles. The molecule has 1 atom stereocenters. The molecule has 100 valence electrons. The average molecular weight is 254 g/mol. The van der Waals surface area contributed by atoms with Crippen LogP contribution in [-0.4, -0.2) is 41.9 Å². The number of esters is 1. The van der Waals surface area contributed by atoms with Crippen molar-refractivity contribution in [1.82, 2.24) is 4.98 Å². The van der Waals surface area contributed by atoms with Crippen LogP contribution in [0.1, 0.15) is 13.8 Å². The number of nitrogens with one attached hydrogen (secondary N) is 1. The van der Waals surface area contributed by atoms with Gasteiger partial charge in [-0.05, 0) is 26.0 Å². The lowest BCUT2D eigenvalue weighted by atomic mass is 10.3. The van der Waals surface area contributed by atoms with Crippen molar-refractivity contribution in [3.05, 3.63) is 18.3 Å². The van der Waals surface area contributed by atoms with E-state index in [1.54, 1.807) is 18.3 Å². The third kappa shape index (κ3) is 3.89. The van der Waals surface area contributed by atoms with Gasteiger partial charge in [0.05, 0.1) is 19.8 Å². The molecule has 6 nitrogen and oxygen atoms in total. The molecule has 0 saturated carbocycles. The fourth-order valence-electron chi connectivity index (χ4n) is 1.33. The van der Waals surface area contributed by atoms with Gasteiger partial charge < -0.3 is 19.9 Å². The minimum Gasteiger partial charge on any atom is -0.487 e. The molecule has 0 saturated heterocycles. The molecule has 0 aromatic carbocycles. The van der Waals surface area contributed by atoms with Crippen molar-refractivity contribution in [3.63, 3.8) is 0 Å². The molecule has 0 amide bonds. The number of rotatable bonds is 6. The van der Waals surface area contributed by atoms with Crippen molar-refractivity contribution in [2.45, 2.75) is 26.0 Å². The van der Waals surface area contributed by atoms with Gasteiger partial charge in [-0.15, -0.1) is 0 Å². The van der Waals surface area contributed by atoms with Gasteiger partial charge in [0.15, 0.2) is 11.6 Å². The first-order valence-corrected chi connectivity index (χ1v) is 5.65. The van der Waals surface area contributed by atoms with Crippen molar-refractivity contribution in [3.8, 4) is 5.75 Å². The van der Waals surface area contributed by atoms with Crippen molar-refractivity contribution >= 4 is 11.8 Å². The van der Waals surface area contributed by atoms with Crippen LogP contribution in [-0.2, 0) is 9.53 Å². The largest absolute Gasteiger partial charge is 0.487 e. The summed E-state index contributed by atoms with van der Waals surface area (Å²) in [5.41, 5.74) is 0. The summed E-state index contributed by atoms with van der Waals surface area (Å²) in [6.45, 7) is 3.39. The van der Waals surface area contributed by atoms with Crippen LogP contribution >= 0.6 is 0 Å². The highest BCUT2D eigenvalue weighted by molar-refractivity contribution is 5.79. The van der Waals surface area contributed by atoms with Crippen LogP contribution in [0.15, 0.2) is 18.3 Å². The first-order valence-electron chi connectivity index (χ1n) is 5.65. The Kier molecular flexibility index (Phi) is 5.38. The van der Waals surface area contributed by atoms with E-state index in [9.17, 15) is 4.79 Å². The molecule has 0 aliphatic heterocycles. The molecule has 1 unspecified atom stereocenters. The van der Waals surface area contributed by atoms with E-state index in [0.717, 1.165) is 0 Å². The molecule has 6 heteroatoms. The van der Waals surface area contributed by atoms with Crippen LogP contribution in [0.2, 0.25) is 0 Å². The Morgan fingerprint density at radius 3 is 2.83 bits per heavy atom. The number of aliphatic hydroxyl groups excluding tert-OH is 1. The zero-order chi connectivity index (χ0) is 13.5. The number of pyridine rings is 1. The number of anilines is 1. The molecule has 2 N–H and O–H groups in total. The third-order valence-corrected chi connectivity index (χ3v) is 2.11. The minimum absolute atomic E-state index is 0.0135. The second-order valence-corrected chi connectivity index (χ2v) is 3.92. The number of hydrogen-bond donors (Lipinski definition) is 2. The minimum atomic E-state index is -0.862. The Labute approximate surface area is 106 Å². The van der Waals surface area contributed by atoms with Gasteiger partial charge in [0, 0.05) is 6.20 Å². The molecule has 1 aromatic heterocycles. The second kappa shape index (κ2) is 6.80. The van der Waals surface area contributed by atoms with E-state index in [4.69, 9.17) is 9.84 Å². The maximum absolute atomic E-state index is 11.4. The van der Waals surface area contributed by atoms with Crippen molar-refractivity contribution < 1.29 is 19.4 Å².